The lowest BCUT2D eigenvalue weighted by atomic mass is 10.2. The van der Waals surface area contributed by atoms with Crippen molar-refractivity contribution in [3.05, 3.63) is 17.5 Å². The lowest BCUT2D eigenvalue weighted by Crippen LogP contribution is -2.39. The van der Waals surface area contributed by atoms with E-state index in [0.717, 1.165) is 42.9 Å². The zero-order valence-electron chi connectivity index (χ0n) is 12.0. The van der Waals surface area contributed by atoms with Crippen LogP contribution in [0.25, 0.3) is 0 Å². The Morgan fingerprint density at radius 2 is 1.89 bits per heavy atom. The van der Waals surface area contributed by atoms with Crippen molar-refractivity contribution in [2.45, 2.75) is 45.6 Å². The lowest BCUT2D eigenvalue weighted by Gasteiger charge is -2.26. The van der Waals surface area contributed by atoms with Crippen LogP contribution in [0.15, 0.2) is 6.07 Å². The molecule has 1 aromatic rings. The van der Waals surface area contributed by atoms with E-state index in [2.05, 4.69) is 34.0 Å². The Balaban J connectivity index is 1.75. The van der Waals surface area contributed by atoms with Crippen molar-refractivity contribution in [2.75, 3.05) is 24.5 Å². The van der Waals surface area contributed by atoms with Gasteiger partial charge in [0.2, 0.25) is 5.95 Å². The first-order valence-electron chi connectivity index (χ1n) is 7.51. The Morgan fingerprint density at radius 3 is 2.47 bits per heavy atom. The maximum absolute atomic E-state index is 4.64. The van der Waals surface area contributed by atoms with E-state index in [1.165, 1.54) is 25.7 Å². The Morgan fingerprint density at radius 1 is 1.16 bits per heavy atom. The van der Waals surface area contributed by atoms with Crippen molar-refractivity contribution in [3.63, 3.8) is 0 Å². The fourth-order valence-electron chi connectivity index (χ4n) is 2.88. The normalized spacial score (nSPS) is 22.7. The van der Waals surface area contributed by atoms with Gasteiger partial charge in [-0.25, -0.2) is 9.97 Å². The smallest absolute Gasteiger partial charge is 0.225 e. The Labute approximate surface area is 115 Å². The molecule has 1 aliphatic carbocycles. The van der Waals surface area contributed by atoms with E-state index in [4.69, 9.17) is 0 Å². The van der Waals surface area contributed by atoms with Gasteiger partial charge in [0.15, 0.2) is 0 Å². The van der Waals surface area contributed by atoms with Gasteiger partial charge in [-0.1, -0.05) is 0 Å². The van der Waals surface area contributed by atoms with Gasteiger partial charge >= 0.3 is 0 Å². The maximum Gasteiger partial charge on any atom is 0.225 e. The Bertz CT molecular complexity index is 416. The average molecular weight is 260 g/mol. The third kappa shape index (κ3) is 3.44. The largest absolute Gasteiger partial charge is 0.339 e. The van der Waals surface area contributed by atoms with Crippen LogP contribution in [0, 0.1) is 19.8 Å². The van der Waals surface area contributed by atoms with Crippen molar-refractivity contribution in [1.82, 2.24) is 15.3 Å². The van der Waals surface area contributed by atoms with Crippen LogP contribution >= 0.6 is 0 Å². The van der Waals surface area contributed by atoms with Crippen LogP contribution < -0.4 is 10.2 Å². The quantitative estimate of drug-likeness (QED) is 0.880. The number of aryl methyl sites for hydroxylation is 2. The second-order valence-electron chi connectivity index (χ2n) is 6.09. The minimum atomic E-state index is 0.614. The van der Waals surface area contributed by atoms with E-state index in [1.807, 2.05) is 6.07 Å². The molecule has 2 heterocycles. The average Bonchev–Trinajstić information content (AvgIpc) is 3.01. The number of nitrogens with one attached hydrogen (secondary N) is 1. The second kappa shape index (κ2) is 5.45. The molecule has 4 heteroatoms. The Kier molecular flexibility index (Phi) is 3.69. The fraction of sp³-hybridized carbons (Fsp3) is 0.733. The lowest BCUT2D eigenvalue weighted by molar-refractivity contribution is 0.562. The highest BCUT2D eigenvalue weighted by atomic mass is 15.3. The van der Waals surface area contributed by atoms with Gasteiger partial charge in [0.1, 0.15) is 0 Å². The van der Waals surface area contributed by atoms with Crippen LogP contribution in [0.3, 0.4) is 0 Å². The predicted molar refractivity (Wildman–Crippen MR) is 77.5 cm³/mol. The second-order valence-corrected chi connectivity index (χ2v) is 6.09. The number of hydrogen-bond acceptors (Lipinski definition) is 4. The highest BCUT2D eigenvalue weighted by Gasteiger charge is 2.28. The summed E-state index contributed by atoms with van der Waals surface area (Å²) in [6.07, 6.45) is 5.33. The van der Waals surface area contributed by atoms with Gasteiger partial charge in [-0.05, 0) is 58.1 Å². The Hall–Kier alpha value is -1.16. The standard InChI is InChI=1S/C15H24N4/c1-11-8-12(2)18-15(17-11)19(9-13-5-6-13)10-14-4-3-7-16-14/h8,13-14,16H,3-7,9-10H2,1-2H3. The van der Waals surface area contributed by atoms with E-state index in [-0.39, 0.29) is 0 Å². The summed E-state index contributed by atoms with van der Waals surface area (Å²) in [5, 5.41) is 3.58. The summed E-state index contributed by atoms with van der Waals surface area (Å²) in [5.41, 5.74) is 2.14. The molecule has 1 N–H and O–H groups in total. The van der Waals surface area contributed by atoms with Crippen LogP contribution in [-0.2, 0) is 0 Å². The van der Waals surface area contributed by atoms with E-state index in [0.29, 0.717) is 6.04 Å². The summed E-state index contributed by atoms with van der Waals surface area (Å²) in [4.78, 5) is 11.7. The molecule has 1 aromatic heterocycles. The van der Waals surface area contributed by atoms with E-state index in [9.17, 15) is 0 Å². The molecule has 3 rings (SSSR count). The van der Waals surface area contributed by atoms with Crippen molar-refractivity contribution >= 4 is 5.95 Å². The summed E-state index contributed by atoms with van der Waals surface area (Å²) in [5.74, 6) is 1.80. The van der Waals surface area contributed by atoms with Gasteiger partial charge < -0.3 is 10.2 Å². The molecule has 0 amide bonds. The first kappa shape index (κ1) is 12.9. The summed E-state index contributed by atoms with van der Waals surface area (Å²) >= 11 is 0. The molecule has 1 saturated carbocycles. The molecule has 1 aliphatic heterocycles. The van der Waals surface area contributed by atoms with E-state index in [1.54, 1.807) is 0 Å². The zero-order valence-corrected chi connectivity index (χ0v) is 12.0. The van der Waals surface area contributed by atoms with Crippen molar-refractivity contribution < 1.29 is 0 Å². The van der Waals surface area contributed by atoms with Crippen LogP contribution in [-0.4, -0.2) is 35.6 Å². The van der Waals surface area contributed by atoms with Crippen LogP contribution in [0.2, 0.25) is 0 Å². The summed E-state index contributed by atoms with van der Waals surface area (Å²) in [7, 11) is 0. The number of nitrogens with zero attached hydrogens (tertiary/aromatic N) is 3. The molecule has 2 aliphatic rings. The number of anilines is 1. The molecule has 104 valence electrons. The van der Waals surface area contributed by atoms with Crippen LogP contribution in [0.4, 0.5) is 5.95 Å². The van der Waals surface area contributed by atoms with Crippen molar-refractivity contribution in [1.29, 1.82) is 0 Å². The topological polar surface area (TPSA) is 41.1 Å². The molecule has 1 saturated heterocycles. The molecule has 0 bridgehead atoms. The molecule has 1 atom stereocenters. The summed E-state index contributed by atoms with van der Waals surface area (Å²) < 4.78 is 0. The van der Waals surface area contributed by atoms with Gasteiger partial charge in [-0.2, -0.15) is 0 Å². The van der Waals surface area contributed by atoms with Crippen LogP contribution in [0.1, 0.15) is 37.1 Å². The minimum Gasteiger partial charge on any atom is -0.339 e. The molecule has 1 unspecified atom stereocenters. The first-order valence-corrected chi connectivity index (χ1v) is 7.51. The molecular formula is C15H24N4. The predicted octanol–water partition coefficient (Wildman–Crippen LogP) is 2.06. The van der Waals surface area contributed by atoms with Crippen molar-refractivity contribution in [3.8, 4) is 0 Å². The number of hydrogen-bond donors (Lipinski definition) is 1. The first-order chi connectivity index (χ1) is 9.20. The molecule has 2 fully saturated rings. The summed E-state index contributed by atoms with van der Waals surface area (Å²) in [6.45, 7) is 7.46. The monoisotopic (exact) mass is 260 g/mol. The molecule has 0 spiro atoms. The van der Waals surface area contributed by atoms with Gasteiger partial charge in [0, 0.05) is 30.5 Å². The van der Waals surface area contributed by atoms with Gasteiger partial charge in [-0.3, -0.25) is 0 Å². The van der Waals surface area contributed by atoms with Gasteiger partial charge in [0.05, 0.1) is 0 Å². The molecule has 0 radical (unpaired) electrons. The number of rotatable bonds is 5. The van der Waals surface area contributed by atoms with Crippen molar-refractivity contribution in [2.24, 2.45) is 5.92 Å². The van der Waals surface area contributed by atoms with Crippen LogP contribution in [0.5, 0.6) is 0 Å². The highest BCUT2D eigenvalue weighted by molar-refractivity contribution is 5.33. The van der Waals surface area contributed by atoms with Gasteiger partial charge in [-0.15, -0.1) is 0 Å². The minimum absolute atomic E-state index is 0.614. The van der Waals surface area contributed by atoms with E-state index < -0.39 is 0 Å². The molecule has 0 aromatic carbocycles. The molecule has 19 heavy (non-hydrogen) atoms. The SMILES string of the molecule is Cc1cc(C)nc(N(CC2CC2)CC2CCCN2)n1. The third-order valence-corrected chi connectivity index (χ3v) is 4.03. The zero-order chi connectivity index (χ0) is 13.2. The fourth-order valence-corrected chi connectivity index (χ4v) is 2.88. The number of aromatic nitrogens is 2. The van der Waals surface area contributed by atoms with E-state index >= 15 is 0 Å². The molecule has 4 nitrogen and oxygen atoms in total. The third-order valence-electron chi connectivity index (χ3n) is 4.03. The highest BCUT2D eigenvalue weighted by Crippen LogP contribution is 2.31. The van der Waals surface area contributed by atoms with Gasteiger partial charge in [0.25, 0.3) is 0 Å². The molecular weight excluding hydrogens is 236 g/mol. The maximum atomic E-state index is 4.64. The summed E-state index contributed by atoms with van der Waals surface area (Å²) in [6, 6.07) is 2.66.